The minimum absolute atomic E-state index is 0.0469. The summed E-state index contributed by atoms with van der Waals surface area (Å²) in [6.45, 7) is 6.51. The number of allylic oxidation sites excluding steroid dienone is 1. The fourth-order valence-electron chi connectivity index (χ4n) is 1.53. The Labute approximate surface area is 96.7 Å². The van der Waals surface area contributed by atoms with Gasteiger partial charge in [0.15, 0.2) is 5.78 Å². The number of hydrogen-bond donors (Lipinski definition) is 0. The third kappa shape index (κ3) is 2.83. The molecule has 0 spiro atoms. The minimum atomic E-state index is 0.0469. The minimum Gasteiger partial charge on any atom is -0.369 e. The van der Waals surface area contributed by atoms with E-state index in [4.69, 9.17) is 4.74 Å². The number of aromatic nitrogens is 1. The van der Waals surface area contributed by atoms with Crippen molar-refractivity contribution in [1.29, 1.82) is 0 Å². The summed E-state index contributed by atoms with van der Waals surface area (Å²) in [5.41, 5.74) is 2.85. The highest BCUT2D eigenvalue weighted by Gasteiger charge is 2.13. The van der Waals surface area contributed by atoms with Crippen LogP contribution in [-0.2, 0) is 11.8 Å². The number of rotatable bonds is 5. The average molecular weight is 221 g/mol. The van der Waals surface area contributed by atoms with Gasteiger partial charge in [-0.3, -0.25) is 4.79 Å². The van der Waals surface area contributed by atoms with Gasteiger partial charge < -0.3 is 9.30 Å². The molecule has 0 saturated carbocycles. The van der Waals surface area contributed by atoms with Gasteiger partial charge in [-0.1, -0.05) is 12.2 Å². The third-order valence-electron chi connectivity index (χ3n) is 2.76. The molecule has 3 nitrogen and oxygen atoms in total. The highest BCUT2D eigenvalue weighted by Crippen LogP contribution is 2.13. The van der Waals surface area contributed by atoms with Crippen LogP contribution in [0.25, 0.3) is 0 Å². The molecule has 0 unspecified atom stereocenters. The van der Waals surface area contributed by atoms with Crippen LogP contribution in [0.4, 0.5) is 0 Å². The van der Waals surface area contributed by atoms with Gasteiger partial charge in [0.25, 0.3) is 0 Å². The van der Waals surface area contributed by atoms with Crippen molar-refractivity contribution >= 4 is 5.78 Å². The van der Waals surface area contributed by atoms with E-state index in [-0.39, 0.29) is 12.4 Å². The van der Waals surface area contributed by atoms with Gasteiger partial charge in [0, 0.05) is 24.0 Å². The summed E-state index contributed by atoms with van der Waals surface area (Å²) in [7, 11) is 1.96. The predicted molar refractivity (Wildman–Crippen MR) is 64.9 cm³/mol. The first-order valence-electron chi connectivity index (χ1n) is 5.43. The lowest BCUT2D eigenvalue weighted by Gasteiger charge is -2.02. The van der Waals surface area contributed by atoms with E-state index in [2.05, 4.69) is 0 Å². The van der Waals surface area contributed by atoms with E-state index in [0.717, 1.165) is 17.0 Å². The van der Waals surface area contributed by atoms with E-state index in [1.165, 1.54) is 0 Å². The number of aryl methyl sites for hydroxylation is 1. The van der Waals surface area contributed by atoms with Gasteiger partial charge in [0.2, 0.25) is 0 Å². The largest absolute Gasteiger partial charge is 0.369 e. The van der Waals surface area contributed by atoms with Crippen molar-refractivity contribution in [3.8, 4) is 0 Å². The molecule has 1 aromatic rings. The van der Waals surface area contributed by atoms with Crippen LogP contribution < -0.4 is 0 Å². The van der Waals surface area contributed by atoms with E-state index in [1.807, 2.05) is 50.6 Å². The number of carbonyl (C=O) groups excluding carboxylic acids is 1. The zero-order valence-electron chi connectivity index (χ0n) is 10.4. The van der Waals surface area contributed by atoms with Crippen molar-refractivity contribution in [2.45, 2.75) is 20.8 Å². The molecule has 0 fully saturated rings. The molecule has 1 aromatic heterocycles. The summed E-state index contributed by atoms with van der Waals surface area (Å²) in [6, 6.07) is 1.91. The van der Waals surface area contributed by atoms with Gasteiger partial charge in [0.1, 0.15) is 6.61 Å². The van der Waals surface area contributed by atoms with Gasteiger partial charge in [-0.2, -0.15) is 0 Å². The van der Waals surface area contributed by atoms with Crippen LogP contribution >= 0.6 is 0 Å². The Morgan fingerprint density at radius 1 is 1.50 bits per heavy atom. The summed E-state index contributed by atoms with van der Waals surface area (Å²) in [5.74, 6) is 0.0469. The van der Waals surface area contributed by atoms with E-state index in [9.17, 15) is 4.79 Å². The maximum Gasteiger partial charge on any atom is 0.190 e. The molecule has 1 heterocycles. The van der Waals surface area contributed by atoms with E-state index in [0.29, 0.717) is 6.61 Å². The summed E-state index contributed by atoms with van der Waals surface area (Å²) in [6.07, 6.45) is 3.79. The highest BCUT2D eigenvalue weighted by atomic mass is 16.5. The SMILES string of the molecule is CC=CCOCC(=O)c1cc(C)n(C)c1C. The maximum absolute atomic E-state index is 11.8. The number of Topliss-reactive ketones (excluding diaryl/α,β-unsaturated/α-hetero) is 1. The molecule has 0 aliphatic carbocycles. The van der Waals surface area contributed by atoms with Gasteiger partial charge in [-0.25, -0.2) is 0 Å². The summed E-state index contributed by atoms with van der Waals surface area (Å²) in [5, 5.41) is 0. The van der Waals surface area contributed by atoms with Gasteiger partial charge >= 0.3 is 0 Å². The van der Waals surface area contributed by atoms with E-state index < -0.39 is 0 Å². The van der Waals surface area contributed by atoms with E-state index in [1.54, 1.807) is 0 Å². The number of hydrogen-bond acceptors (Lipinski definition) is 2. The maximum atomic E-state index is 11.8. The second-order valence-electron chi connectivity index (χ2n) is 3.85. The molecule has 0 aliphatic heterocycles. The smallest absolute Gasteiger partial charge is 0.190 e. The Morgan fingerprint density at radius 3 is 2.69 bits per heavy atom. The topological polar surface area (TPSA) is 31.2 Å². The molecule has 1 rings (SSSR count). The lowest BCUT2D eigenvalue weighted by atomic mass is 10.1. The Hall–Kier alpha value is -1.35. The quantitative estimate of drug-likeness (QED) is 0.434. The summed E-state index contributed by atoms with van der Waals surface area (Å²) >= 11 is 0. The first-order chi connectivity index (χ1) is 7.57. The molecular weight excluding hydrogens is 202 g/mol. The predicted octanol–water partition coefficient (Wildman–Crippen LogP) is 2.42. The molecule has 0 radical (unpaired) electrons. The third-order valence-corrected chi connectivity index (χ3v) is 2.76. The zero-order chi connectivity index (χ0) is 12.1. The van der Waals surface area contributed by atoms with Crippen LogP contribution in [0, 0.1) is 13.8 Å². The normalized spacial score (nSPS) is 11.2. The van der Waals surface area contributed by atoms with Crippen molar-refractivity contribution in [1.82, 2.24) is 4.57 Å². The molecule has 16 heavy (non-hydrogen) atoms. The van der Waals surface area contributed by atoms with Crippen LogP contribution in [0.1, 0.15) is 28.7 Å². The average Bonchev–Trinajstić information content (AvgIpc) is 2.52. The molecule has 0 N–H and O–H groups in total. The van der Waals surface area contributed by atoms with Crippen molar-refractivity contribution in [3.63, 3.8) is 0 Å². The van der Waals surface area contributed by atoms with Gasteiger partial charge in [0.05, 0.1) is 6.61 Å². The van der Waals surface area contributed by atoms with Crippen LogP contribution in [0.3, 0.4) is 0 Å². The van der Waals surface area contributed by atoms with Crippen molar-refractivity contribution in [2.75, 3.05) is 13.2 Å². The van der Waals surface area contributed by atoms with E-state index >= 15 is 0 Å². The van der Waals surface area contributed by atoms with Crippen molar-refractivity contribution in [3.05, 3.63) is 35.2 Å². The monoisotopic (exact) mass is 221 g/mol. The highest BCUT2D eigenvalue weighted by molar-refractivity contribution is 5.98. The molecular formula is C13H19NO2. The lowest BCUT2D eigenvalue weighted by Crippen LogP contribution is -2.10. The first kappa shape index (κ1) is 12.7. The first-order valence-corrected chi connectivity index (χ1v) is 5.43. The zero-order valence-corrected chi connectivity index (χ0v) is 10.4. The molecule has 0 aliphatic rings. The molecule has 0 bridgehead atoms. The number of ketones is 1. The Bertz CT molecular complexity index is 402. The Kier molecular flexibility index (Phi) is 4.50. The summed E-state index contributed by atoms with van der Waals surface area (Å²) < 4.78 is 7.26. The molecule has 88 valence electrons. The van der Waals surface area contributed by atoms with Crippen LogP contribution in [0.2, 0.25) is 0 Å². The molecule has 3 heteroatoms. The number of carbonyl (C=O) groups is 1. The Balaban J connectivity index is 2.63. The van der Waals surface area contributed by atoms with Gasteiger partial charge in [-0.05, 0) is 26.8 Å². The second kappa shape index (κ2) is 5.66. The van der Waals surface area contributed by atoms with Crippen molar-refractivity contribution < 1.29 is 9.53 Å². The molecule has 0 amide bonds. The fraction of sp³-hybridized carbons (Fsp3) is 0.462. The standard InChI is InChI=1S/C13H19NO2/c1-5-6-7-16-9-13(15)12-8-10(2)14(4)11(12)3/h5-6,8H,7,9H2,1-4H3. The fourth-order valence-corrected chi connectivity index (χ4v) is 1.53. The number of ether oxygens (including phenoxy) is 1. The summed E-state index contributed by atoms with van der Waals surface area (Å²) in [4.78, 5) is 11.8. The molecule has 0 saturated heterocycles. The second-order valence-corrected chi connectivity index (χ2v) is 3.85. The van der Waals surface area contributed by atoms with Crippen molar-refractivity contribution in [2.24, 2.45) is 7.05 Å². The molecule has 0 atom stereocenters. The van der Waals surface area contributed by atoms with Crippen LogP contribution in [0.5, 0.6) is 0 Å². The van der Waals surface area contributed by atoms with Gasteiger partial charge in [-0.15, -0.1) is 0 Å². The van der Waals surface area contributed by atoms with Crippen LogP contribution in [-0.4, -0.2) is 23.6 Å². The van der Waals surface area contributed by atoms with Crippen LogP contribution in [0.15, 0.2) is 18.2 Å². The number of nitrogens with zero attached hydrogens (tertiary/aromatic N) is 1. The lowest BCUT2D eigenvalue weighted by molar-refractivity contribution is 0.0805. The molecule has 0 aromatic carbocycles. The Morgan fingerprint density at radius 2 is 2.19 bits per heavy atom.